The second kappa shape index (κ2) is 7.25. The number of carbonyl (C=O) groups excluding carboxylic acids is 2. The number of rotatable bonds is 5. The van der Waals surface area contributed by atoms with Crippen molar-refractivity contribution < 1.29 is 22.7 Å². The smallest absolute Gasteiger partial charge is 0.307 e. The van der Waals surface area contributed by atoms with Gasteiger partial charge in [-0.1, -0.05) is 12.1 Å². The fourth-order valence-corrected chi connectivity index (χ4v) is 4.13. The Balaban J connectivity index is 1.59. The molecule has 2 aromatic rings. The minimum Gasteiger partial charge on any atom is -0.453 e. The summed E-state index contributed by atoms with van der Waals surface area (Å²) in [6.07, 6.45) is 2.06. The molecule has 0 radical (unpaired) electrons. The zero-order chi connectivity index (χ0) is 18.7. The zero-order valence-corrected chi connectivity index (χ0v) is 14.9. The molecule has 26 heavy (non-hydrogen) atoms. The zero-order valence-electron chi connectivity index (χ0n) is 14.1. The number of nitrogens with zero attached hydrogens (tertiary/aromatic N) is 1. The van der Waals surface area contributed by atoms with Gasteiger partial charge in [0.1, 0.15) is 0 Å². The minimum absolute atomic E-state index is 0.0778. The van der Waals surface area contributed by atoms with Crippen LogP contribution in [0.25, 0.3) is 10.9 Å². The number of hydrogen-bond donors (Lipinski definition) is 1. The first-order chi connectivity index (χ1) is 12.3. The number of esters is 1. The van der Waals surface area contributed by atoms with E-state index in [0.717, 1.165) is 16.3 Å². The molecule has 7 nitrogen and oxygen atoms in total. The van der Waals surface area contributed by atoms with E-state index >= 15 is 0 Å². The second-order valence-corrected chi connectivity index (χ2v) is 8.05. The van der Waals surface area contributed by atoms with E-state index in [4.69, 9.17) is 4.74 Å². The van der Waals surface area contributed by atoms with Gasteiger partial charge in [0.15, 0.2) is 15.9 Å². The Morgan fingerprint density at radius 1 is 1.31 bits per heavy atom. The Labute approximate surface area is 151 Å². The summed E-state index contributed by atoms with van der Waals surface area (Å²) in [5.74, 6) is -1.60. The summed E-state index contributed by atoms with van der Waals surface area (Å²) in [5.41, 5.74) is 1.32. The van der Waals surface area contributed by atoms with Crippen LogP contribution in [0.4, 0.5) is 5.69 Å². The summed E-state index contributed by atoms with van der Waals surface area (Å²) in [5, 5.41) is 4.62. The number of aromatic nitrogens is 1. The molecule has 2 unspecified atom stereocenters. The molecule has 0 bridgehead atoms. The van der Waals surface area contributed by atoms with Gasteiger partial charge in [0.05, 0.1) is 23.4 Å². The predicted octanol–water partition coefficient (Wildman–Crippen LogP) is 2.05. The summed E-state index contributed by atoms with van der Waals surface area (Å²) >= 11 is 0. The van der Waals surface area contributed by atoms with E-state index in [1.54, 1.807) is 24.4 Å². The highest BCUT2D eigenvalue weighted by Crippen LogP contribution is 2.22. The number of amides is 1. The van der Waals surface area contributed by atoms with Crippen LogP contribution in [0.1, 0.15) is 13.3 Å². The van der Waals surface area contributed by atoms with Crippen molar-refractivity contribution in [1.82, 2.24) is 4.98 Å². The molecule has 1 N–H and O–H groups in total. The monoisotopic (exact) mass is 374 g/mol. The van der Waals surface area contributed by atoms with Gasteiger partial charge in [-0.2, -0.15) is 0 Å². The molecule has 1 aromatic carbocycles. The molecule has 1 aromatic heterocycles. The maximum Gasteiger partial charge on any atom is 0.307 e. The Hall–Kier alpha value is -2.74. The molecule has 1 aliphatic rings. The first kappa shape index (κ1) is 18.1. The van der Waals surface area contributed by atoms with Crippen molar-refractivity contribution in [2.75, 3.05) is 11.1 Å². The standard InChI is InChI=1S/C18H18N2O5S/c1-12(25-17(21)10-13-7-9-26(23,24)11-13)18(22)20-16-6-2-5-15-14(16)4-3-8-19-15/h2-9,12-13H,10-11H2,1H3,(H,20,22). The molecule has 1 aliphatic heterocycles. The number of sulfone groups is 1. The largest absolute Gasteiger partial charge is 0.453 e. The lowest BCUT2D eigenvalue weighted by Crippen LogP contribution is -2.30. The number of benzene rings is 1. The number of anilines is 1. The lowest BCUT2D eigenvalue weighted by atomic mass is 10.1. The highest BCUT2D eigenvalue weighted by Gasteiger charge is 2.26. The van der Waals surface area contributed by atoms with Crippen LogP contribution < -0.4 is 5.32 Å². The minimum atomic E-state index is -3.22. The summed E-state index contributed by atoms with van der Waals surface area (Å²) < 4.78 is 27.8. The fourth-order valence-electron chi connectivity index (χ4n) is 2.73. The van der Waals surface area contributed by atoms with Crippen LogP contribution in [0, 0.1) is 5.92 Å². The van der Waals surface area contributed by atoms with Crippen LogP contribution in [0.3, 0.4) is 0 Å². The summed E-state index contributed by atoms with van der Waals surface area (Å²) in [6, 6.07) is 8.95. The van der Waals surface area contributed by atoms with Crippen LogP contribution in [-0.4, -0.2) is 37.1 Å². The Kier molecular flexibility index (Phi) is 5.03. The third-order valence-electron chi connectivity index (χ3n) is 4.01. The van der Waals surface area contributed by atoms with Gasteiger partial charge in [0.25, 0.3) is 5.91 Å². The first-order valence-electron chi connectivity index (χ1n) is 8.09. The highest BCUT2D eigenvalue weighted by molar-refractivity contribution is 7.94. The molecule has 2 heterocycles. The van der Waals surface area contributed by atoms with E-state index in [2.05, 4.69) is 10.3 Å². The van der Waals surface area contributed by atoms with Crippen molar-refractivity contribution in [1.29, 1.82) is 0 Å². The van der Waals surface area contributed by atoms with Gasteiger partial charge in [-0.3, -0.25) is 14.6 Å². The maximum atomic E-state index is 12.3. The molecule has 0 saturated heterocycles. The molecule has 136 valence electrons. The van der Waals surface area contributed by atoms with Crippen LogP contribution in [0.15, 0.2) is 48.0 Å². The number of hydrogen-bond acceptors (Lipinski definition) is 6. The fraction of sp³-hybridized carbons (Fsp3) is 0.278. The van der Waals surface area contributed by atoms with Gasteiger partial charge in [-0.15, -0.1) is 0 Å². The van der Waals surface area contributed by atoms with Crippen molar-refractivity contribution in [3.05, 3.63) is 48.0 Å². The molecule has 0 saturated carbocycles. The second-order valence-electron chi connectivity index (χ2n) is 6.12. The Morgan fingerprint density at radius 2 is 2.12 bits per heavy atom. The van der Waals surface area contributed by atoms with E-state index in [9.17, 15) is 18.0 Å². The predicted molar refractivity (Wildman–Crippen MR) is 97.0 cm³/mol. The van der Waals surface area contributed by atoms with Gasteiger partial charge in [-0.05, 0) is 31.2 Å². The average Bonchev–Trinajstić information content (AvgIpc) is 2.93. The van der Waals surface area contributed by atoms with E-state index in [0.29, 0.717) is 5.69 Å². The third-order valence-corrected chi connectivity index (χ3v) is 5.48. The first-order valence-corrected chi connectivity index (χ1v) is 9.81. The average molecular weight is 374 g/mol. The number of carbonyl (C=O) groups is 2. The van der Waals surface area contributed by atoms with Gasteiger partial charge >= 0.3 is 5.97 Å². The topological polar surface area (TPSA) is 102 Å². The van der Waals surface area contributed by atoms with E-state index in [1.807, 2.05) is 12.1 Å². The van der Waals surface area contributed by atoms with Crippen LogP contribution in [0.5, 0.6) is 0 Å². The third kappa shape index (κ3) is 4.26. The molecule has 1 amide bonds. The van der Waals surface area contributed by atoms with Crippen molar-refractivity contribution in [3.8, 4) is 0 Å². The van der Waals surface area contributed by atoms with Crippen LogP contribution in [-0.2, 0) is 24.2 Å². The van der Waals surface area contributed by atoms with Crippen LogP contribution in [0.2, 0.25) is 0 Å². The molecule has 3 rings (SSSR count). The van der Waals surface area contributed by atoms with E-state index in [1.165, 1.54) is 13.0 Å². The number of nitrogens with one attached hydrogen (secondary N) is 1. The molecule has 0 spiro atoms. The molecule has 8 heteroatoms. The molecule has 0 aliphatic carbocycles. The summed E-state index contributed by atoms with van der Waals surface area (Å²) in [7, 11) is -3.22. The van der Waals surface area contributed by atoms with Crippen molar-refractivity contribution in [2.45, 2.75) is 19.4 Å². The highest BCUT2D eigenvalue weighted by atomic mass is 32.2. The van der Waals surface area contributed by atoms with Gasteiger partial charge in [-0.25, -0.2) is 8.42 Å². The molecular weight excluding hydrogens is 356 g/mol. The Bertz CT molecular complexity index is 979. The number of fused-ring (bicyclic) bond motifs is 1. The SMILES string of the molecule is CC(OC(=O)CC1C=CS(=O)(=O)C1)C(=O)Nc1cccc2ncccc12. The number of ether oxygens (including phenoxy) is 1. The van der Waals surface area contributed by atoms with Gasteiger partial charge in [0.2, 0.25) is 0 Å². The van der Waals surface area contributed by atoms with E-state index < -0.39 is 33.7 Å². The van der Waals surface area contributed by atoms with Crippen molar-refractivity contribution in [2.24, 2.45) is 5.92 Å². The summed E-state index contributed by atoms with van der Waals surface area (Å²) in [4.78, 5) is 28.5. The van der Waals surface area contributed by atoms with Crippen molar-refractivity contribution in [3.63, 3.8) is 0 Å². The number of allylic oxidation sites excluding steroid dienone is 1. The Morgan fingerprint density at radius 3 is 2.85 bits per heavy atom. The van der Waals surface area contributed by atoms with E-state index in [-0.39, 0.29) is 12.2 Å². The molecule has 2 atom stereocenters. The van der Waals surface area contributed by atoms with Gasteiger partial charge in [0, 0.05) is 22.9 Å². The quantitative estimate of drug-likeness (QED) is 0.804. The molecule has 0 fully saturated rings. The van der Waals surface area contributed by atoms with Gasteiger partial charge < -0.3 is 10.1 Å². The normalized spacial score (nSPS) is 19.2. The number of pyridine rings is 1. The maximum absolute atomic E-state index is 12.3. The van der Waals surface area contributed by atoms with Crippen LogP contribution >= 0.6 is 0 Å². The molecular formula is C18H18N2O5S. The van der Waals surface area contributed by atoms with Crippen molar-refractivity contribution >= 4 is 38.3 Å². The lowest BCUT2D eigenvalue weighted by Gasteiger charge is -2.15. The summed E-state index contributed by atoms with van der Waals surface area (Å²) in [6.45, 7) is 1.47. The lowest BCUT2D eigenvalue weighted by molar-refractivity contribution is -0.153.